The van der Waals surface area contributed by atoms with E-state index in [9.17, 15) is 5.11 Å². The van der Waals surface area contributed by atoms with E-state index in [0.29, 0.717) is 0 Å². The molecule has 0 amide bonds. The lowest BCUT2D eigenvalue weighted by Gasteiger charge is -2.01. The highest BCUT2D eigenvalue weighted by molar-refractivity contribution is 6.06. The molecule has 98 valence electrons. The van der Waals surface area contributed by atoms with E-state index in [2.05, 4.69) is 16.7 Å². The molecule has 2 aromatic heterocycles. The normalized spacial score (nSPS) is 11.7. The molecule has 0 atom stereocenters. The predicted octanol–water partition coefficient (Wildman–Crippen LogP) is 2.77. The van der Waals surface area contributed by atoms with Crippen LogP contribution in [-0.2, 0) is 13.7 Å². The maximum Gasteiger partial charge on any atom is 0.160 e. The number of rotatable bonds is 1. The van der Waals surface area contributed by atoms with Crippen molar-refractivity contribution in [3.8, 4) is 0 Å². The molecule has 2 heterocycles. The summed E-state index contributed by atoms with van der Waals surface area (Å²) in [6.07, 6.45) is 0. The molecular formula is C16H13N3O. The fourth-order valence-corrected chi connectivity index (χ4v) is 2.68. The summed E-state index contributed by atoms with van der Waals surface area (Å²) >= 11 is 0. The number of benzene rings is 2. The van der Waals surface area contributed by atoms with E-state index in [-0.39, 0.29) is 6.61 Å². The minimum atomic E-state index is 0.0186. The largest absolute Gasteiger partial charge is 0.392 e. The van der Waals surface area contributed by atoms with Crippen LogP contribution >= 0.6 is 0 Å². The van der Waals surface area contributed by atoms with E-state index in [1.165, 1.54) is 0 Å². The summed E-state index contributed by atoms with van der Waals surface area (Å²) in [4.78, 5) is 9.45. The van der Waals surface area contributed by atoms with Gasteiger partial charge in [0.1, 0.15) is 5.52 Å². The number of para-hydroxylation sites is 1. The third kappa shape index (κ3) is 1.45. The molecule has 4 aromatic rings. The Morgan fingerprint density at radius 2 is 1.90 bits per heavy atom. The number of aliphatic hydroxyl groups excluding tert-OH is 1. The Kier molecular flexibility index (Phi) is 2.28. The first-order valence-corrected chi connectivity index (χ1v) is 6.52. The van der Waals surface area contributed by atoms with Gasteiger partial charge in [-0.25, -0.2) is 9.97 Å². The van der Waals surface area contributed by atoms with Gasteiger partial charge in [-0.15, -0.1) is 0 Å². The zero-order valence-electron chi connectivity index (χ0n) is 11.0. The van der Waals surface area contributed by atoms with Crippen LogP contribution in [0.3, 0.4) is 0 Å². The fourth-order valence-electron chi connectivity index (χ4n) is 2.68. The summed E-state index contributed by atoms with van der Waals surface area (Å²) in [5.74, 6) is 0. The van der Waals surface area contributed by atoms with Gasteiger partial charge in [-0.2, -0.15) is 0 Å². The van der Waals surface area contributed by atoms with Gasteiger partial charge < -0.3 is 9.67 Å². The van der Waals surface area contributed by atoms with Crippen molar-refractivity contribution in [3.63, 3.8) is 0 Å². The van der Waals surface area contributed by atoms with Gasteiger partial charge in [0.2, 0.25) is 0 Å². The van der Waals surface area contributed by atoms with Gasteiger partial charge in [0.05, 0.1) is 23.2 Å². The van der Waals surface area contributed by atoms with Gasteiger partial charge in [-0.05, 0) is 23.8 Å². The first-order valence-electron chi connectivity index (χ1n) is 6.52. The second kappa shape index (κ2) is 4.02. The standard InChI is InChI=1S/C16H13N3O/c1-19-14-5-3-2-4-11(14)15-16(19)18-13-8-10(9-20)6-7-12(13)17-15/h2-8,20H,9H2,1H3. The molecule has 0 fully saturated rings. The van der Waals surface area contributed by atoms with Crippen molar-refractivity contribution < 1.29 is 5.11 Å². The average molecular weight is 263 g/mol. The maximum absolute atomic E-state index is 9.23. The summed E-state index contributed by atoms with van der Waals surface area (Å²) in [5, 5.41) is 10.3. The molecule has 0 bridgehead atoms. The molecule has 0 saturated heterocycles. The summed E-state index contributed by atoms with van der Waals surface area (Å²) in [6, 6.07) is 13.9. The van der Waals surface area contributed by atoms with Crippen molar-refractivity contribution in [3.05, 3.63) is 48.0 Å². The van der Waals surface area contributed by atoms with Crippen molar-refractivity contribution in [1.29, 1.82) is 0 Å². The number of nitrogens with zero attached hydrogens (tertiary/aromatic N) is 3. The second-order valence-corrected chi connectivity index (χ2v) is 4.95. The van der Waals surface area contributed by atoms with Crippen LogP contribution in [0.4, 0.5) is 0 Å². The Bertz CT molecular complexity index is 956. The van der Waals surface area contributed by atoms with Crippen molar-refractivity contribution in [1.82, 2.24) is 14.5 Å². The lowest BCUT2D eigenvalue weighted by Crippen LogP contribution is -1.93. The van der Waals surface area contributed by atoms with Gasteiger partial charge in [0, 0.05) is 12.4 Å². The lowest BCUT2D eigenvalue weighted by molar-refractivity contribution is 0.282. The topological polar surface area (TPSA) is 50.9 Å². The quantitative estimate of drug-likeness (QED) is 0.574. The highest BCUT2D eigenvalue weighted by Crippen LogP contribution is 2.27. The molecule has 1 N–H and O–H groups in total. The molecule has 0 aliphatic heterocycles. The zero-order valence-corrected chi connectivity index (χ0v) is 11.0. The number of hydrogen-bond donors (Lipinski definition) is 1. The van der Waals surface area contributed by atoms with E-state index in [4.69, 9.17) is 9.97 Å². The van der Waals surface area contributed by atoms with Crippen molar-refractivity contribution in [2.75, 3.05) is 0 Å². The summed E-state index contributed by atoms with van der Waals surface area (Å²) < 4.78 is 2.06. The number of aromatic nitrogens is 3. The summed E-state index contributed by atoms with van der Waals surface area (Å²) in [6.45, 7) is 0.0186. The second-order valence-electron chi connectivity index (χ2n) is 4.95. The third-order valence-corrected chi connectivity index (χ3v) is 3.73. The van der Waals surface area contributed by atoms with Crippen molar-refractivity contribution >= 4 is 33.1 Å². The Balaban J connectivity index is 2.19. The van der Waals surface area contributed by atoms with Gasteiger partial charge in [-0.1, -0.05) is 24.3 Å². The molecule has 0 aliphatic rings. The van der Waals surface area contributed by atoms with Crippen LogP contribution in [0.2, 0.25) is 0 Å². The summed E-state index contributed by atoms with van der Waals surface area (Å²) in [5.41, 5.74) is 5.44. The highest BCUT2D eigenvalue weighted by Gasteiger charge is 2.11. The third-order valence-electron chi connectivity index (χ3n) is 3.73. The minimum Gasteiger partial charge on any atom is -0.392 e. The Morgan fingerprint density at radius 1 is 1.05 bits per heavy atom. The highest BCUT2D eigenvalue weighted by atomic mass is 16.3. The molecule has 4 rings (SSSR count). The van der Waals surface area contributed by atoms with Crippen LogP contribution in [0.5, 0.6) is 0 Å². The first kappa shape index (κ1) is 11.4. The number of aryl methyl sites for hydroxylation is 1. The molecule has 20 heavy (non-hydrogen) atoms. The van der Waals surface area contributed by atoms with E-state index in [0.717, 1.165) is 38.7 Å². The monoisotopic (exact) mass is 263 g/mol. The minimum absolute atomic E-state index is 0.0186. The van der Waals surface area contributed by atoms with Gasteiger partial charge in [-0.3, -0.25) is 0 Å². The molecule has 4 nitrogen and oxygen atoms in total. The van der Waals surface area contributed by atoms with Crippen LogP contribution in [-0.4, -0.2) is 19.6 Å². The molecule has 0 radical (unpaired) electrons. The number of fused-ring (bicyclic) bond motifs is 4. The van der Waals surface area contributed by atoms with Crippen LogP contribution in [0.25, 0.3) is 33.1 Å². The zero-order chi connectivity index (χ0) is 13.7. The van der Waals surface area contributed by atoms with Crippen molar-refractivity contribution in [2.24, 2.45) is 7.05 Å². The van der Waals surface area contributed by atoms with E-state index in [1.807, 2.05) is 37.4 Å². The Hall–Kier alpha value is -2.46. The van der Waals surface area contributed by atoms with Gasteiger partial charge in [0.15, 0.2) is 5.65 Å². The molecule has 0 unspecified atom stereocenters. The Morgan fingerprint density at radius 3 is 2.75 bits per heavy atom. The van der Waals surface area contributed by atoms with E-state index in [1.54, 1.807) is 0 Å². The molecule has 4 heteroatoms. The van der Waals surface area contributed by atoms with Crippen LogP contribution in [0, 0.1) is 0 Å². The molecule has 2 aromatic carbocycles. The van der Waals surface area contributed by atoms with Crippen LogP contribution < -0.4 is 0 Å². The number of hydrogen-bond acceptors (Lipinski definition) is 3. The lowest BCUT2D eigenvalue weighted by atomic mass is 10.2. The van der Waals surface area contributed by atoms with E-state index < -0.39 is 0 Å². The molecule has 0 aliphatic carbocycles. The molecule has 0 saturated carbocycles. The number of aliphatic hydroxyl groups is 1. The Labute approximate surface area is 115 Å². The van der Waals surface area contributed by atoms with Gasteiger partial charge >= 0.3 is 0 Å². The fraction of sp³-hybridized carbons (Fsp3) is 0.125. The van der Waals surface area contributed by atoms with Gasteiger partial charge in [0.25, 0.3) is 0 Å². The van der Waals surface area contributed by atoms with E-state index >= 15 is 0 Å². The molecular weight excluding hydrogens is 250 g/mol. The summed E-state index contributed by atoms with van der Waals surface area (Å²) in [7, 11) is 2.00. The smallest absolute Gasteiger partial charge is 0.160 e. The van der Waals surface area contributed by atoms with Crippen LogP contribution in [0.1, 0.15) is 5.56 Å². The SMILES string of the molecule is Cn1c2ccccc2c2nc3ccc(CO)cc3nc21. The predicted molar refractivity (Wildman–Crippen MR) is 79.4 cm³/mol. The van der Waals surface area contributed by atoms with Crippen LogP contribution in [0.15, 0.2) is 42.5 Å². The van der Waals surface area contributed by atoms with Crippen molar-refractivity contribution in [2.45, 2.75) is 6.61 Å². The average Bonchev–Trinajstić information content (AvgIpc) is 2.78. The first-order chi connectivity index (χ1) is 9.78. The maximum atomic E-state index is 9.23. The molecule has 0 spiro atoms.